The smallest absolute Gasteiger partial charge is 0.115 e. The molecule has 0 bridgehead atoms. The molecule has 0 saturated heterocycles. The van der Waals surface area contributed by atoms with Crippen molar-refractivity contribution in [2.24, 2.45) is 0 Å². The molecule has 3 aromatic rings. The normalized spacial score (nSPS) is 10.7. The van der Waals surface area contributed by atoms with Gasteiger partial charge in [-0.05, 0) is 17.5 Å². The summed E-state index contributed by atoms with van der Waals surface area (Å²) < 4.78 is 1.91. The van der Waals surface area contributed by atoms with E-state index >= 15 is 0 Å². The predicted molar refractivity (Wildman–Crippen MR) is 87.8 cm³/mol. The number of nitrogens with two attached hydrogens (primary N) is 1. The molecule has 0 fully saturated rings. The lowest BCUT2D eigenvalue weighted by molar-refractivity contribution is 0.605. The van der Waals surface area contributed by atoms with Gasteiger partial charge in [0.15, 0.2) is 0 Å². The highest BCUT2D eigenvalue weighted by atomic mass is 15.3. The Balaban J connectivity index is 1.91. The van der Waals surface area contributed by atoms with Crippen molar-refractivity contribution in [1.29, 1.82) is 0 Å². The lowest BCUT2D eigenvalue weighted by atomic mass is 10.0. The van der Waals surface area contributed by atoms with Gasteiger partial charge in [-0.3, -0.25) is 4.68 Å². The third kappa shape index (κ3) is 2.82. The fourth-order valence-electron chi connectivity index (χ4n) is 2.46. The molecule has 1 aromatic heterocycles. The third-order valence-electron chi connectivity index (χ3n) is 3.51. The topological polar surface area (TPSA) is 43.8 Å². The largest absolute Gasteiger partial charge is 0.396 e. The van der Waals surface area contributed by atoms with Crippen molar-refractivity contribution in [3.8, 4) is 22.4 Å². The van der Waals surface area contributed by atoms with Crippen molar-refractivity contribution in [3.63, 3.8) is 0 Å². The molecule has 0 atom stereocenters. The molecule has 106 valence electrons. The zero-order valence-electron chi connectivity index (χ0n) is 12.2. The van der Waals surface area contributed by atoms with E-state index in [0.29, 0.717) is 0 Å². The highest BCUT2D eigenvalue weighted by Gasteiger charge is 2.08. The molecule has 0 radical (unpaired) electrons. The van der Waals surface area contributed by atoms with Crippen LogP contribution in [-0.2, 0) is 6.54 Å². The van der Waals surface area contributed by atoms with Gasteiger partial charge in [-0.25, -0.2) is 0 Å². The Hall–Kier alpha value is -2.55. The molecule has 0 aliphatic carbocycles. The first kappa shape index (κ1) is 13.4. The molecular weight excluding hydrogens is 258 g/mol. The first-order valence-electron chi connectivity index (χ1n) is 7.26. The quantitative estimate of drug-likeness (QED) is 0.776. The van der Waals surface area contributed by atoms with E-state index in [2.05, 4.69) is 48.4 Å². The van der Waals surface area contributed by atoms with E-state index in [9.17, 15) is 0 Å². The number of hydrogen-bond acceptors (Lipinski definition) is 2. The summed E-state index contributed by atoms with van der Waals surface area (Å²) in [5.41, 5.74) is 11.1. The Labute approximate surface area is 125 Å². The van der Waals surface area contributed by atoms with Gasteiger partial charge in [0.05, 0.1) is 5.69 Å². The zero-order chi connectivity index (χ0) is 14.7. The van der Waals surface area contributed by atoms with Crippen molar-refractivity contribution in [2.45, 2.75) is 19.9 Å². The van der Waals surface area contributed by atoms with Crippen LogP contribution in [0.2, 0.25) is 0 Å². The van der Waals surface area contributed by atoms with Crippen LogP contribution in [0, 0.1) is 0 Å². The first-order chi connectivity index (χ1) is 10.3. The summed E-state index contributed by atoms with van der Waals surface area (Å²) in [6.07, 6.45) is 2.96. The Bertz CT molecular complexity index is 712. The molecule has 0 saturated carbocycles. The second-order valence-corrected chi connectivity index (χ2v) is 5.14. The van der Waals surface area contributed by atoms with Gasteiger partial charge in [0, 0.05) is 18.3 Å². The highest BCUT2D eigenvalue weighted by molar-refractivity contribution is 5.74. The highest BCUT2D eigenvalue weighted by Crippen LogP contribution is 2.27. The molecule has 1 heterocycles. The third-order valence-corrected chi connectivity index (χ3v) is 3.51. The van der Waals surface area contributed by atoms with Gasteiger partial charge in [-0.1, -0.05) is 61.5 Å². The Morgan fingerprint density at radius 3 is 2.19 bits per heavy atom. The Morgan fingerprint density at radius 2 is 1.52 bits per heavy atom. The number of nitrogens with zero attached hydrogens (tertiary/aromatic N) is 2. The SMILES string of the molecule is CCCn1cc(N)c(-c2ccc(-c3ccccc3)cc2)n1. The van der Waals surface area contributed by atoms with E-state index in [1.54, 1.807) is 0 Å². The van der Waals surface area contributed by atoms with E-state index in [-0.39, 0.29) is 0 Å². The summed E-state index contributed by atoms with van der Waals surface area (Å²) in [4.78, 5) is 0. The average Bonchev–Trinajstić information content (AvgIpc) is 2.89. The van der Waals surface area contributed by atoms with Crippen molar-refractivity contribution >= 4 is 5.69 Å². The maximum atomic E-state index is 6.07. The maximum Gasteiger partial charge on any atom is 0.115 e. The molecule has 2 aromatic carbocycles. The van der Waals surface area contributed by atoms with Crippen LogP contribution in [0.25, 0.3) is 22.4 Å². The van der Waals surface area contributed by atoms with Gasteiger partial charge < -0.3 is 5.73 Å². The lowest BCUT2D eigenvalue weighted by Crippen LogP contribution is -1.96. The molecule has 21 heavy (non-hydrogen) atoms. The van der Waals surface area contributed by atoms with Crippen LogP contribution >= 0.6 is 0 Å². The number of hydrogen-bond donors (Lipinski definition) is 1. The van der Waals surface area contributed by atoms with Gasteiger partial charge >= 0.3 is 0 Å². The van der Waals surface area contributed by atoms with Crippen LogP contribution in [0.15, 0.2) is 60.8 Å². The number of nitrogen functional groups attached to an aromatic ring is 1. The van der Waals surface area contributed by atoms with Gasteiger partial charge in [0.2, 0.25) is 0 Å². The summed E-state index contributed by atoms with van der Waals surface area (Å²) in [5, 5.41) is 4.56. The molecular formula is C18H19N3. The van der Waals surface area contributed by atoms with Crippen LogP contribution in [0.1, 0.15) is 13.3 Å². The summed E-state index contributed by atoms with van der Waals surface area (Å²) in [7, 11) is 0. The molecule has 0 aliphatic rings. The second kappa shape index (κ2) is 5.83. The number of anilines is 1. The Kier molecular flexibility index (Phi) is 3.73. The minimum atomic E-state index is 0.732. The standard InChI is InChI=1S/C18H19N3/c1-2-12-21-13-17(19)18(20-21)16-10-8-15(9-11-16)14-6-4-3-5-7-14/h3-11,13H,2,12,19H2,1H3. The monoisotopic (exact) mass is 277 g/mol. The van der Waals surface area contributed by atoms with Crippen molar-refractivity contribution < 1.29 is 0 Å². The van der Waals surface area contributed by atoms with Crippen molar-refractivity contribution in [2.75, 3.05) is 5.73 Å². The fourth-order valence-corrected chi connectivity index (χ4v) is 2.46. The summed E-state index contributed by atoms with van der Waals surface area (Å²) in [6, 6.07) is 18.7. The Morgan fingerprint density at radius 1 is 0.905 bits per heavy atom. The number of aryl methyl sites for hydroxylation is 1. The van der Waals surface area contributed by atoms with Crippen molar-refractivity contribution in [1.82, 2.24) is 9.78 Å². The van der Waals surface area contributed by atoms with Gasteiger partial charge in [0.25, 0.3) is 0 Å². The summed E-state index contributed by atoms with van der Waals surface area (Å²) in [5.74, 6) is 0. The van der Waals surface area contributed by atoms with E-state index in [1.807, 2.05) is 29.1 Å². The number of aromatic nitrogens is 2. The minimum absolute atomic E-state index is 0.732. The maximum absolute atomic E-state index is 6.07. The molecule has 0 aliphatic heterocycles. The molecule has 0 amide bonds. The van der Waals surface area contributed by atoms with Gasteiger partial charge in [-0.2, -0.15) is 5.10 Å². The first-order valence-corrected chi connectivity index (χ1v) is 7.26. The van der Waals surface area contributed by atoms with Crippen LogP contribution in [-0.4, -0.2) is 9.78 Å². The van der Waals surface area contributed by atoms with E-state index in [0.717, 1.165) is 29.9 Å². The lowest BCUT2D eigenvalue weighted by Gasteiger charge is -2.03. The van der Waals surface area contributed by atoms with E-state index in [4.69, 9.17) is 5.73 Å². The number of rotatable bonds is 4. The van der Waals surface area contributed by atoms with Crippen molar-refractivity contribution in [3.05, 3.63) is 60.8 Å². The predicted octanol–water partition coefficient (Wildman–Crippen LogP) is 4.21. The van der Waals surface area contributed by atoms with Crippen LogP contribution in [0.3, 0.4) is 0 Å². The molecule has 2 N–H and O–H groups in total. The number of benzene rings is 2. The molecule has 0 unspecified atom stereocenters. The van der Waals surface area contributed by atoms with E-state index in [1.165, 1.54) is 11.1 Å². The molecule has 3 rings (SSSR count). The van der Waals surface area contributed by atoms with Gasteiger partial charge in [0.1, 0.15) is 5.69 Å². The molecule has 3 nitrogen and oxygen atoms in total. The van der Waals surface area contributed by atoms with Crippen LogP contribution in [0.5, 0.6) is 0 Å². The van der Waals surface area contributed by atoms with Crippen LogP contribution in [0.4, 0.5) is 5.69 Å². The second-order valence-electron chi connectivity index (χ2n) is 5.14. The molecule has 3 heteroatoms. The minimum Gasteiger partial charge on any atom is -0.396 e. The van der Waals surface area contributed by atoms with Crippen LogP contribution < -0.4 is 5.73 Å². The van der Waals surface area contributed by atoms with E-state index < -0.39 is 0 Å². The fraction of sp³-hybridized carbons (Fsp3) is 0.167. The molecule has 0 spiro atoms. The van der Waals surface area contributed by atoms with Gasteiger partial charge in [-0.15, -0.1) is 0 Å². The summed E-state index contributed by atoms with van der Waals surface area (Å²) in [6.45, 7) is 3.03. The average molecular weight is 277 g/mol. The zero-order valence-corrected chi connectivity index (χ0v) is 12.2. The summed E-state index contributed by atoms with van der Waals surface area (Å²) >= 11 is 0.